The summed E-state index contributed by atoms with van der Waals surface area (Å²) in [6.07, 6.45) is 1.86. The first-order valence-electron chi connectivity index (χ1n) is 5.92. The van der Waals surface area contributed by atoms with Crippen molar-refractivity contribution in [2.24, 2.45) is 0 Å². The average Bonchev–Trinajstić information content (AvgIpc) is 2.53. The molecule has 1 rings (SSSR count). The van der Waals surface area contributed by atoms with E-state index in [-0.39, 0.29) is 5.91 Å². The molecule has 1 amide bonds. The number of nitrogens with zero attached hydrogens (tertiary/aromatic N) is 1. The zero-order valence-electron chi connectivity index (χ0n) is 10.0. The standard InChI is InChI=1S/C12H21N3O/c1-2-3-4-7-14-12(16)11-15-9-5-6-13-8-10-15/h13H,4-11H2,1H3,(H,14,16). The van der Waals surface area contributed by atoms with Crippen LogP contribution in [0.5, 0.6) is 0 Å². The second-order valence-corrected chi connectivity index (χ2v) is 3.91. The minimum Gasteiger partial charge on any atom is -0.354 e. The Morgan fingerprint density at radius 1 is 1.44 bits per heavy atom. The first kappa shape index (κ1) is 13.0. The van der Waals surface area contributed by atoms with E-state index in [1.165, 1.54) is 0 Å². The van der Waals surface area contributed by atoms with Gasteiger partial charge in [-0.25, -0.2) is 0 Å². The number of carbonyl (C=O) groups is 1. The zero-order valence-corrected chi connectivity index (χ0v) is 10.0. The van der Waals surface area contributed by atoms with Crippen molar-refractivity contribution in [3.8, 4) is 11.8 Å². The molecular weight excluding hydrogens is 202 g/mol. The minimum atomic E-state index is 0.111. The van der Waals surface area contributed by atoms with Gasteiger partial charge in [0.15, 0.2) is 0 Å². The maximum atomic E-state index is 11.6. The van der Waals surface area contributed by atoms with Gasteiger partial charge in [-0.1, -0.05) is 0 Å². The lowest BCUT2D eigenvalue weighted by molar-refractivity contribution is -0.122. The van der Waals surface area contributed by atoms with E-state index in [1.54, 1.807) is 0 Å². The van der Waals surface area contributed by atoms with Gasteiger partial charge in [0.2, 0.25) is 5.91 Å². The summed E-state index contributed by atoms with van der Waals surface area (Å²) < 4.78 is 0. The molecule has 1 aliphatic rings. The van der Waals surface area contributed by atoms with Gasteiger partial charge in [-0.15, -0.1) is 11.8 Å². The van der Waals surface area contributed by atoms with Crippen LogP contribution in [0.15, 0.2) is 0 Å². The molecule has 4 nitrogen and oxygen atoms in total. The van der Waals surface area contributed by atoms with Crippen molar-refractivity contribution in [2.45, 2.75) is 19.8 Å². The predicted octanol–water partition coefficient (Wildman–Crippen LogP) is -0.189. The lowest BCUT2D eigenvalue weighted by Gasteiger charge is -2.18. The van der Waals surface area contributed by atoms with Crippen LogP contribution < -0.4 is 10.6 Å². The molecule has 90 valence electrons. The molecule has 1 fully saturated rings. The predicted molar refractivity (Wildman–Crippen MR) is 65.0 cm³/mol. The molecule has 0 aromatic heterocycles. The number of hydrogen-bond acceptors (Lipinski definition) is 3. The normalized spacial score (nSPS) is 17.1. The second kappa shape index (κ2) is 8.14. The molecular formula is C12H21N3O. The molecule has 0 unspecified atom stereocenters. The van der Waals surface area contributed by atoms with Crippen LogP contribution in [-0.4, -0.2) is 50.1 Å². The maximum absolute atomic E-state index is 11.6. The lowest BCUT2D eigenvalue weighted by atomic mass is 10.3. The van der Waals surface area contributed by atoms with Crippen LogP contribution >= 0.6 is 0 Å². The van der Waals surface area contributed by atoms with Crippen molar-refractivity contribution in [1.29, 1.82) is 0 Å². The summed E-state index contributed by atoms with van der Waals surface area (Å²) in [6, 6.07) is 0. The van der Waals surface area contributed by atoms with Gasteiger partial charge in [-0.2, -0.15) is 0 Å². The van der Waals surface area contributed by atoms with E-state index in [4.69, 9.17) is 0 Å². The molecule has 0 aliphatic carbocycles. The first-order valence-corrected chi connectivity index (χ1v) is 5.92. The van der Waals surface area contributed by atoms with Crippen LogP contribution in [0.3, 0.4) is 0 Å². The summed E-state index contributed by atoms with van der Waals surface area (Å²) in [4.78, 5) is 13.8. The molecule has 4 heteroatoms. The number of amides is 1. The van der Waals surface area contributed by atoms with E-state index in [0.29, 0.717) is 13.1 Å². The maximum Gasteiger partial charge on any atom is 0.234 e. The fraction of sp³-hybridized carbons (Fsp3) is 0.750. The van der Waals surface area contributed by atoms with E-state index in [2.05, 4.69) is 27.4 Å². The van der Waals surface area contributed by atoms with Crippen LogP contribution in [-0.2, 0) is 4.79 Å². The smallest absolute Gasteiger partial charge is 0.234 e. The Morgan fingerprint density at radius 2 is 2.31 bits per heavy atom. The summed E-state index contributed by atoms with van der Waals surface area (Å²) in [7, 11) is 0. The Hall–Kier alpha value is -1.05. The molecule has 0 spiro atoms. The zero-order chi connectivity index (χ0) is 11.6. The SMILES string of the molecule is CC#CCCNC(=O)CN1CCCNCC1. The third-order valence-electron chi connectivity index (χ3n) is 2.55. The largest absolute Gasteiger partial charge is 0.354 e. The second-order valence-electron chi connectivity index (χ2n) is 3.91. The summed E-state index contributed by atoms with van der Waals surface area (Å²) in [5.41, 5.74) is 0. The van der Waals surface area contributed by atoms with Gasteiger partial charge in [0.05, 0.1) is 6.54 Å². The number of hydrogen-bond donors (Lipinski definition) is 2. The van der Waals surface area contributed by atoms with Gasteiger partial charge < -0.3 is 10.6 Å². The van der Waals surface area contributed by atoms with Crippen LogP contribution in [0.1, 0.15) is 19.8 Å². The molecule has 1 saturated heterocycles. The Balaban J connectivity index is 2.13. The molecule has 0 radical (unpaired) electrons. The van der Waals surface area contributed by atoms with Crippen LogP contribution in [0.25, 0.3) is 0 Å². The van der Waals surface area contributed by atoms with Gasteiger partial charge in [-0.05, 0) is 26.4 Å². The van der Waals surface area contributed by atoms with Crippen LogP contribution in [0, 0.1) is 11.8 Å². The summed E-state index contributed by atoms with van der Waals surface area (Å²) in [5, 5.41) is 6.20. The average molecular weight is 223 g/mol. The summed E-state index contributed by atoms with van der Waals surface area (Å²) in [6.45, 7) is 7.00. The van der Waals surface area contributed by atoms with Crippen molar-refractivity contribution in [1.82, 2.24) is 15.5 Å². The molecule has 0 atom stereocenters. The highest BCUT2D eigenvalue weighted by Gasteiger charge is 2.11. The topological polar surface area (TPSA) is 44.4 Å². The minimum absolute atomic E-state index is 0.111. The number of rotatable bonds is 4. The first-order chi connectivity index (χ1) is 7.83. The Labute approximate surface area is 97.8 Å². The summed E-state index contributed by atoms with van der Waals surface area (Å²) >= 11 is 0. The highest BCUT2D eigenvalue weighted by Crippen LogP contribution is 1.94. The summed E-state index contributed by atoms with van der Waals surface area (Å²) in [5.74, 6) is 5.85. The van der Waals surface area contributed by atoms with E-state index in [0.717, 1.165) is 39.0 Å². The Bertz CT molecular complexity index is 259. The van der Waals surface area contributed by atoms with Crippen molar-refractivity contribution < 1.29 is 4.79 Å². The molecule has 1 heterocycles. The van der Waals surface area contributed by atoms with Crippen LogP contribution in [0.4, 0.5) is 0 Å². The van der Waals surface area contributed by atoms with Gasteiger partial charge >= 0.3 is 0 Å². The van der Waals surface area contributed by atoms with Crippen molar-refractivity contribution in [3.05, 3.63) is 0 Å². The molecule has 0 bridgehead atoms. The third-order valence-corrected chi connectivity index (χ3v) is 2.55. The fourth-order valence-electron chi connectivity index (χ4n) is 1.71. The number of carbonyl (C=O) groups excluding carboxylic acids is 1. The van der Waals surface area contributed by atoms with Crippen molar-refractivity contribution >= 4 is 5.91 Å². The highest BCUT2D eigenvalue weighted by atomic mass is 16.2. The molecule has 0 saturated carbocycles. The molecule has 1 aliphatic heterocycles. The number of nitrogens with one attached hydrogen (secondary N) is 2. The van der Waals surface area contributed by atoms with Gasteiger partial charge in [-0.3, -0.25) is 9.69 Å². The van der Waals surface area contributed by atoms with Crippen molar-refractivity contribution in [2.75, 3.05) is 39.3 Å². The Morgan fingerprint density at radius 3 is 3.12 bits per heavy atom. The third kappa shape index (κ3) is 5.74. The quantitative estimate of drug-likeness (QED) is 0.513. The van der Waals surface area contributed by atoms with E-state index in [9.17, 15) is 4.79 Å². The highest BCUT2D eigenvalue weighted by molar-refractivity contribution is 5.78. The molecule has 2 N–H and O–H groups in total. The van der Waals surface area contributed by atoms with E-state index < -0.39 is 0 Å². The Kier molecular flexibility index (Phi) is 6.62. The van der Waals surface area contributed by atoms with E-state index >= 15 is 0 Å². The van der Waals surface area contributed by atoms with Gasteiger partial charge in [0.25, 0.3) is 0 Å². The monoisotopic (exact) mass is 223 g/mol. The van der Waals surface area contributed by atoms with Gasteiger partial charge in [0, 0.05) is 26.1 Å². The lowest BCUT2D eigenvalue weighted by Crippen LogP contribution is -2.39. The van der Waals surface area contributed by atoms with Crippen LogP contribution in [0.2, 0.25) is 0 Å². The van der Waals surface area contributed by atoms with Crippen molar-refractivity contribution in [3.63, 3.8) is 0 Å². The molecule has 16 heavy (non-hydrogen) atoms. The molecule has 0 aromatic rings. The van der Waals surface area contributed by atoms with Gasteiger partial charge in [0.1, 0.15) is 0 Å². The van der Waals surface area contributed by atoms with E-state index in [1.807, 2.05) is 6.92 Å². The molecule has 0 aromatic carbocycles. The fourth-order valence-corrected chi connectivity index (χ4v) is 1.71.